The van der Waals surface area contributed by atoms with Gasteiger partial charge >= 0.3 is 5.97 Å². The lowest BCUT2D eigenvalue weighted by Gasteiger charge is -2.14. The number of amides is 1. The van der Waals surface area contributed by atoms with Gasteiger partial charge in [-0.15, -0.1) is 11.3 Å². The van der Waals surface area contributed by atoms with Gasteiger partial charge in [0.25, 0.3) is 5.56 Å². The van der Waals surface area contributed by atoms with Gasteiger partial charge < -0.3 is 10.1 Å². The molecule has 2 heterocycles. The molecule has 4 aromatic rings. The highest BCUT2D eigenvalue weighted by molar-refractivity contribution is 7.99. The summed E-state index contributed by atoms with van der Waals surface area (Å²) in [7, 11) is 0. The summed E-state index contributed by atoms with van der Waals surface area (Å²) in [6, 6.07) is 12.3. The minimum atomic E-state index is -0.431. The molecule has 0 aliphatic carbocycles. The van der Waals surface area contributed by atoms with Crippen molar-refractivity contribution in [1.29, 1.82) is 0 Å². The van der Waals surface area contributed by atoms with Gasteiger partial charge in [0.2, 0.25) is 5.91 Å². The van der Waals surface area contributed by atoms with Crippen LogP contribution in [0.1, 0.15) is 22.8 Å². The summed E-state index contributed by atoms with van der Waals surface area (Å²) in [5.41, 5.74) is 2.27. The molecule has 0 atom stereocenters. The first-order valence-corrected chi connectivity index (χ1v) is 12.2. The lowest BCUT2D eigenvalue weighted by molar-refractivity contribution is -0.113. The maximum absolute atomic E-state index is 13.7. The summed E-state index contributed by atoms with van der Waals surface area (Å²) >= 11 is 2.39. The fourth-order valence-electron chi connectivity index (χ4n) is 3.30. The van der Waals surface area contributed by atoms with Crippen LogP contribution in [0.25, 0.3) is 15.9 Å². The van der Waals surface area contributed by atoms with Crippen LogP contribution >= 0.6 is 23.1 Å². The molecule has 0 aliphatic heterocycles. The predicted octanol–water partition coefficient (Wildman–Crippen LogP) is 4.80. The van der Waals surface area contributed by atoms with Crippen LogP contribution in [0.2, 0.25) is 0 Å². The Balaban J connectivity index is 1.56. The molecule has 34 heavy (non-hydrogen) atoms. The second-order valence-corrected chi connectivity index (χ2v) is 9.09. The van der Waals surface area contributed by atoms with E-state index in [-0.39, 0.29) is 23.8 Å². The first-order chi connectivity index (χ1) is 16.4. The summed E-state index contributed by atoms with van der Waals surface area (Å²) < 4.78 is 20.5. The average molecular weight is 498 g/mol. The summed E-state index contributed by atoms with van der Waals surface area (Å²) in [6.45, 7) is 3.72. The molecule has 4 rings (SSSR count). The molecule has 7 nitrogen and oxygen atoms in total. The summed E-state index contributed by atoms with van der Waals surface area (Å²) in [6.07, 6.45) is 0. The predicted molar refractivity (Wildman–Crippen MR) is 132 cm³/mol. The molecule has 0 fully saturated rings. The van der Waals surface area contributed by atoms with Crippen molar-refractivity contribution in [3.8, 4) is 5.69 Å². The van der Waals surface area contributed by atoms with Crippen molar-refractivity contribution < 1.29 is 18.7 Å². The Morgan fingerprint density at radius 2 is 1.94 bits per heavy atom. The Morgan fingerprint density at radius 1 is 1.18 bits per heavy atom. The zero-order valence-electron chi connectivity index (χ0n) is 18.3. The minimum Gasteiger partial charge on any atom is -0.462 e. The van der Waals surface area contributed by atoms with Gasteiger partial charge in [-0.05, 0) is 73.3 Å². The van der Waals surface area contributed by atoms with Crippen molar-refractivity contribution in [3.05, 3.63) is 81.2 Å². The Hall–Kier alpha value is -3.50. The molecule has 0 spiro atoms. The molecule has 2 aromatic heterocycles. The van der Waals surface area contributed by atoms with E-state index in [1.165, 1.54) is 34.1 Å². The zero-order valence-corrected chi connectivity index (χ0v) is 20.0. The van der Waals surface area contributed by atoms with Crippen LogP contribution in [-0.2, 0) is 9.53 Å². The van der Waals surface area contributed by atoms with Crippen LogP contribution in [0.4, 0.5) is 10.1 Å². The topological polar surface area (TPSA) is 90.3 Å². The van der Waals surface area contributed by atoms with E-state index < -0.39 is 11.8 Å². The number of halogens is 1. The van der Waals surface area contributed by atoms with Crippen LogP contribution in [-0.4, -0.2) is 33.8 Å². The van der Waals surface area contributed by atoms with E-state index in [0.29, 0.717) is 37.9 Å². The Morgan fingerprint density at radius 3 is 2.65 bits per heavy atom. The van der Waals surface area contributed by atoms with Crippen LogP contribution in [0.5, 0.6) is 0 Å². The third-order valence-corrected chi connectivity index (χ3v) is 6.69. The van der Waals surface area contributed by atoms with Crippen molar-refractivity contribution in [2.45, 2.75) is 19.0 Å². The SMILES string of the molecule is CCOC(=O)c1ccc(NC(=O)CSc2nc3ccsc3c(=O)n2-c2ccc(F)cc2C)cc1. The number of carbonyl (C=O) groups is 2. The molecule has 1 N–H and O–H groups in total. The van der Waals surface area contributed by atoms with Crippen molar-refractivity contribution in [2.24, 2.45) is 0 Å². The number of anilines is 1. The third-order valence-electron chi connectivity index (χ3n) is 4.86. The number of hydrogen-bond acceptors (Lipinski definition) is 7. The lowest BCUT2D eigenvalue weighted by atomic mass is 10.2. The molecule has 2 aromatic carbocycles. The maximum Gasteiger partial charge on any atom is 0.338 e. The molecule has 0 saturated carbocycles. The first-order valence-electron chi connectivity index (χ1n) is 10.3. The van der Waals surface area contributed by atoms with Gasteiger partial charge in [0, 0.05) is 5.69 Å². The number of fused-ring (bicyclic) bond motifs is 1. The molecule has 174 valence electrons. The van der Waals surface area contributed by atoms with Crippen LogP contribution in [0.3, 0.4) is 0 Å². The molecule has 0 bridgehead atoms. The zero-order chi connectivity index (χ0) is 24.2. The van der Waals surface area contributed by atoms with E-state index in [1.807, 2.05) is 0 Å². The van der Waals surface area contributed by atoms with Gasteiger partial charge in [-0.2, -0.15) is 0 Å². The van der Waals surface area contributed by atoms with Crippen molar-refractivity contribution >= 4 is 50.9 Å². The number of rotatable bonds is 7. The molecular weight excluding hydrogens is 477 g/mol. The van der Waals surface area contributed by atoms with Crippen molar-refractivity contribution in [3.63, 3.8) is 0 Å². The van der Waals surface area contributed by atoms with Crippen LogP contribution in [0, 0.1) is 12.7 Å². The van der Waals surface area contributed by atoms with E-state index in [0.717, 1.165) is 11.8 Å². The van der Waals surface area contributed by atoms with E-state index in [1.54, 1.807) is 49.6 Å². The number of nitrogens with one attached hydrogen (secondary N) is 1. The molecule has 0 aliphatic rings. The number of nitrogens with zero attached hydrogens (tertiary/aromatic N) is 2. The molecule has 10 heteroatoms. The average Bonchev–Trinajstić information content (AvgIpc) is 3.28. The standard InChI is InChI=1S/C24H20FN3O4S2/c1-3-32-23(31)15-4-7-17(8-5-15)26-20(29)13-34-24-27-18-10-11-33-21(18)22(30)28(24)19-9-6-16(25)12-14(19)2/h4-12H,3,13H2,1-2H3,(H,26,29). The van der Waals surface area contributed by atoms with Gasteiger partial charge in [0.05, 0.1) is 29.1 Å². The molecular formula is C24H20FN3O4S2. The number of benzene rings is 2. The van der Waals surface area contributed by atoms with Gasteiger partial charge in [-0.25, -0.2) is 14.2 Å². The second-order valence-electron chi connectivity index (χ2n) is 7.24. The van der Waals surface area contributed by atoms with Gasteiger partial charge in [0.15, 0.2) is 5.16 Å². The number of carbonyl (C=O) groups excluding carboxylic acids is 2. The van der Waals surface area contributed by atoms with Crippen molar-refractivity contribution in [2.75, 3.05) is 17.7 Å². The molecule has 1 amide bonds. The molecule has 0 saturated heterocycles. The Labute approximate surface area is 202 Å². The Kier molecular flexibility index (Phi) is 7.09. The van der Waals surface area contributed by atoms with E-state index in [2.05, 4.69) is 10.3 Å². The number of aryl methyl sites for hydroxylation is 1. The van der Waals surface area contributed by atoms with E-state index >= 15 is 0 Å². The number of thioether (sulfide) groups is 1. The van der Waals surface area contributed by atoms with Gasteiger partial charge in [0.1, 0.15) is 10.5 Å². The van der Waals surface area contributed by atoms with Crippen LogP contribution < -0.4 is 10.9 Å². The largest absolute Gasteiger partial charge is 0.462 e. The highest BCUT2D eigenvalue weighted by Crippen LogP contribution is 2.25. The van der Waals surface area contributed by atoms with Gasteiger partial charge in [-0.1, -0.05) is 11.8 Å². The second kappa shape index (κ2) is 10.2. The third kappa shape index (κ3) is 5.02. The summed E-state index contributed by atoms with van der Waals surface area (Å²) in [4.78, 5) is 42.1. The summed E-state index contributed by atoms with van der Waals surface area (Å²) in [5, 5.41) is 4.87. The van der Waals surface area contributed by atoms with Crippen LogP contribution in [0.15, 0.2) is 63.9 Å². The minimum absolute atomic E-state index is 0.0120. The van der Waals surface area contributed by atoms with E-state index in [4.69, 9.17) is 4.74 Å². The highest BCUT2D eigenvalue weighted by Gasteiger charge is 2.17. The number of hydrogen-bond donors (Lipinski definition) is 1. The number of ether oxygens (including phenoxy) is 1. The quantitative estimate of drug-likeness (QED) is 0.224. The maximum atomic E-state index is 13.7. The fraction of sp³-hybridized carbons (Fsp3) is 0.167. The number of esters is 1. The molecule has 0 radical (unpaired) electrons. The highest BCUT2D eigenvalue weighted by atomic mass is 32.2. The first kappa shape index (κ1) is 23.7. The smallest absolute Gasteiger partial charge is 0.338 e. The monoisotopic (exact) mass is 497 g/mol. The van der Waals surface area contributed by atoms with E-state index in [9.17, 15) is 18.8 Å². The van der Waals surface area contributed by atoms with Crippen molar-refractivity contribution in [1.82, 2.24) is 9.55 Å². The van der Waals surface area contributed by atoms with Gasteiger partial charge in [-0.3, -0.25) is 14.2 Å². The summed E-state index contributed by atoms with van der Waals surface area (Å²) in [5.74, 6) is -1.15. The Bertz CT molecular complexity index is 1430. The normalized spacial score (nSPS) is 10.9. The fourth-order valence-corrected chi connectivity index (χ4v) is 4.87. The molecule has 0 unspecified atom stereocenters. The number of aromatic nitrogens is 2. The lowest BCUT2D eigenvalue weighted by Crippen LogP contribution is -2.23. The number of thiophene rings is 1.